The summed E-state index contributed by atoms with van der Waals surface area (Å²) in [6.07, 6.45) is 5.25. The lowest BCUT2D eigenvalue weighted by molar-refractivity contribution is -0.0535. The monoisotopic (exact) mass is 344 g/mol. The molecule has 24 heavy (non-hydrogen) atoms. The first-order chi connectivity index (χ1) is 11.7. The number of piperidine rings is 1. The molecule has 1 N–H and O–H groups in total. The van der Waals surface area contributed by atoms with Crippen LogP contribution >= 0.6 is 11.3 Å². The van der Waals surface area contributed by atoms with Crippen molar-refractivity contribution < 1.29 is 4.74 Å². The highest BCUT2D eigenvalue weighted by molar-refractivity contribution is 7.13. The SMILES string of the molecule is Cc1cccc(CN2CCCC3(CC(Nc4nccs4)CO3)C2)n1. The Bertz CT molecular complexity index is 677. The Morgan fingerprint density at radius 2 is 2.42 bits per heavy atom. The van der Waals surface area contributed by atoms with Crippen molar-refractivity contribution in [2.45, 2.75) is 44.4 Å². The molecule has 4 rings (SSSR count). The van der Waals surface area contributed by atoms with Crippen LogP contribution in [-0.4, -0.2) is 46.2 Å². The Morgan fingerprint density at radius 1 is 1.46 bits per heavy atom. The number of aromatic nitrogens is 2. The number of thiazole rings is 1. The van der Waals surface area contributed by atoms with E-state index in [2.05, 4.69) is 45.3 Å². The first kappa shape index (κ1) is 16.0. The lowest BCUT2D eigenvalue weighted by atomic mass is 9.88. The average Bonchev–Trinajstić information content (AvgIpc) is 3.19. The van der Waals surface area contributed by atoms with Crippen molar-refractivity contribution >= 4 is 16.5 Å². The number of hydrogen-bond donors (Lipinski definition) is 1. The van der Waals surface area contributed by atoms with Crippen LogP contribution in [0.5, 0.6) is 0 Å². The quantitative estimate of drug-likeness (QED) is 0.924. The van der Waals surface area contributed by atoms with Crippen LogP contribution in [0.4, 0.5) is 5.13 Å². The molecule has 2 aromatic rings. The lowest BCUT2D eigenvalue weighted by Crippen LogP contribution is -2.47. The largest absolute Gasteiger partial charge is 0.371 e. The van der Waals surface area contributed by atoms with Gasteiger partial charge in [-0.1, -0.05) is 6.07 Å². The van der Waals surface area contributed by atoms with E-state index in [0.29, 0.717) is 6.04 Å². The van der Waals surface area contributed by atoms with Gasteiger partial charge in [-0.05, 0) is 38.4 Å². The van der Waals surface area contributed by atoms with Crippen molar-refractivity contribution in [3.05, 3.63) is 41.2 Å². The van der Waals surface area contributed by atoms with E-state index in [1.54, 1.807) is 11.3 Å². The molecule has 2 unspecified atom stereocenters. The fraction of sp³-hybridized carbons (Fsp3) is 0.556. The molecule has 2 aromatic heterocycles. The number of ether oxygens (including phenoxy) is 1. The minimum atomic E-state index is -0.00298. The molecule has 6 heteroatoms. The molecule has 0 saturated carbocycles. The molecule has 4 heterocycles. The van der Waals surface area contributed by atoms with Gasteiger partial charge in [0.05, 0.1) is 23.9 Å². The average molecular weight is 344 g/mol. The minimum absolute atomic E-state index is 0.00298. The number of pyridine rings is 1. The normalized spacial score (nSPS) is 27.6. The number of rotatable bonds is 4. The summed E-state index contributed by atoms with van der Waals surface area (Å²) in [4.78, 5) is 11.5. The van der Waals surface area contributed by atoms with Gasteiger partial charge in [0.15, 0.2) is 5.13 Å². The highest BCUT2D eigenvalue weighted by Crippen LogP contribution is 2.36. The lowest BCUT2D eigenvalue weighted by Gasteiger charge is -2.39. The van der Waals surface area contributed by atoms with Crippen molar-refractivity contribution in [1.29, 1.82) is 0 Å². The molecule has 128 valence electrons. The van der Waals surface area contributed by atoms with E-state index < -0.39 is 0 Å². The Balaban J connectivity index is 1.37. The number of likely N-dealkylation sites (tertiary alicyclic amines) is 1. The Labute approximate surface area is 147 Å². The predicted octanol–water partition coefficient (Wildman–Crippen LogP) is 3.08. The molecule has 0 aliphatic carbocycles. The third-order valence-corrected chi connectivity index (χ3v) is 5.62. The fourth-order valence-electron chi connectivity index (χ4n) is 3.93. The van der Waals surface area contributed by atoms with Crippen LogP contribution in [0, 0.1) is 6.92 Å². The smallest absolute Gasteiger partial charge is 0.182 e. The molecular formula is C18H24N4OS. The second-order valence-corrected chi connectivity index (χ2v) is 7.86. The predicted molar refractivity (Wildman–Crippen MR) is 96.3 cm³/mol. The van der Waals surface area contributed by atoms with Gasteiger partial charge >= 0.3 is 0 Å². The van der Waals surface area contributed by atoms with Gasteiger partial charge in [0.2, 0.25) is 0 Å². The fourth-order valence-corrected chi connectivity index (χ4v) is 4.54. The van der Waals surface area contributed by atoms with Gasteiger partial charge in [-0.2, -0.15) is 0 Å². The van der Waals surface area contributed by atoms with Gasteiger partial charge in [0.25, 0.3) is 0 Å². The molecule has 2 fully saturated rings. The Morgan fingerprint density at radius 3 is 3.25 bits per heavy atom. The highest BCUT2D eigenvalue weighted by Gasteiger charge is 2.43. The number of aryl methyl sites for hydroxylation is 1. The summed E-state index contributed by atoms with van der Waals surface area (Å²) in [5.74, 6) is 0. The van der Waals surface area contributed by atoms with E-state index in [1.807, 2.05) is 11.6 Å². The van der Waals surface area contributed by atoms with Crippen molar-refractivity contribution in [3.63, 3.8) is 0 Å². The van der Waals surface area contributed by atoms with Crippen molar-refractivity contribution in [3.8, 4) is 0 Å². The van der Waals surface area contributed by atoms with Gasteiger partial charge in [0.1, 0.15) is 0 Å². The number of nitrogens with zero attached hydrogens (tertiary/aromatic N) is 3. The third kappa shape index (κ3) is 3.61. The van der Waals surface area contributed by atoms with E-state index in [9.17, 15) is 0 Å². The standard InChI is InChI=1S/C18H24N4OS/c1-14-4-2-5-15(20-14)11-22-8-3-6-18(13-22)10-16(12-23-18)21-17-19-7-9-24-17/h2,4-5,7,9,16H,3,6,8,10-13H2,1H3,(H,19,21). The van der Waals surface area contributed by atoms with Gasteiger partial charge in [-0.3, -0.25) is 9.88 Å². The molecule has 2 aliphatic heterocycles. The van der Waals surface area contributed by atoms with Gasteiger partial charge < -0.3 is 10.1 Å². The van der Waals surface area contributed by atoms with Crippen LogP contribution in [0.3, 0.4) is 0 Å². The molecule has 2 aliphatic rings. The molecule has 0 bridgehead atoms. The molecule has 2 saturated heterocycles. The summed E-state index contributed by atoms with van der Waals surface area (Å²) in [7, 11) is 0. The highest BCUT2D eigenvalue weighted by atomic mass is 32.1. The number of anilines is 1. The summed E-state index contributed by atoms with van der Waals surface area (Å²) < 4.78 is 6.29. The number of nitrogens with one attached hydrogen (secondary N) is 1. The van der Waals surface area contributed by atoms with Crippen LogP contribution in [-0.2, 0) is 11.3 Å². The summed E-state index contributed by atoms with van der Waals surface area (Å²) in [6, 6.07) is 6.64. The third-order valence-electron chi connectivity index (χ3n) is 4.92. The zero-order valence-electron chi connectivity index (χ0n) is 14.1. The summed E-state index contributed by atoms with van der Waals surface area (Å²) in [5, 5.41) is 6.52. The maximum atomic E-state index is 6.29. The molecule has 1 spiro atoms. The Hall–Kier alpha value is -1.50. The van der Waals surface area contributed by atoms with Crippen molar-refractivity contribution in [1.82, 2.24) is 14.9 Å². The van der Waals surface area contributed by atoms with Crippen LogP contribution in [0.25, 0.3) is 0 Å². The maximum absolute atomic E-state index is 6.29. The zero-order chi connectivity index (χ0) is 16.4. The van der Waals surface area contributed by atoms with Crippen LogP contribution in [0.1, 0.15) is 30.7 Å². The summed E-state index contributed by atoms with van der Waals surface area (Å²) in [6.45, 7) is 5.87. The second-order valence-electron chi connectivity index (χ2n) is 6.96. The molecule has 0 aromatic carbocycles. The van der Waals surface area contributed by atoms with Crippen LogP contribution in [0.15, 0.2) is 29.8 Å². The van der Waals surface area contributed by atoms with Crippen molar-refractivity contribution in [2.75, 3.05) is 25.0 Å². The minimum Gasteiger partial charge on any atom is -0.371 e. The molecule has 0 amide bonds. The van der Waals surface area contributed by atoms with E-state index in [1.165, 1.54) is 6.42 Å². The topological polar surface area (TPSA) is 50.3 Å². The van der Waals surface area contributed by atoms with Gasteiger partial charge in [-0.25, -0.2) is 4.98 Å². The van der Waals surface area contributed by atoms with Gasteiger partial charge in [0, 0.05) is 36.8 Å². The molecule has 0 radical (unpaired) electrons. The Kier molecular flexibility index (Phi) is 4.52. The molecular weight excluding hydrogens is 320 g/mol. The van der Waals surface area contributed by atoms with Crippen LogP contribution < -0.4 is 5.32 Å². The van der Waals surface area contributed by atoms with E-state index in [0.717, 1.165) is 55.6 Å². The van der Waals surface area contributed by atoms with E-state index in [-0.39, 0.29) is 5.60 Å². The van der Waals surface area contributed by atoms with Crippen molar-refractivity contribution in [2.24, 2.45) is 0 Å². The van der Waals surface area contributed by atoms with E-state index >= 15 is 0 Å². The number of hydrogen-bond acceptors (Lipinski definition) is 6. The first-order valence-electron chi connectivity index (χ1n) is 8.66. The van der Waals surface area contributed by atoms with E-state index in [4.69, 9.17) is 4.74 Å². The first-order valence-corrected chi connectivity index (χ1v) is 9.54. The molecule has 2 atom stereocenters. The summed E-state index contributed by atoms with van der Waals surface area (Å²) in [5.41, 5.74) is 2.24. The summed E-state index contributed by atoms with van der Waals surface area (Å²) >= 11 is 1.65. The van der Waals surface area contributed by atoms with Crippen LogP contribution in [0.2, 0.25) is 0 Å². The van der Waals surface area contributed by atoms with Gasteiger partial charge in [-0.15, -0.1) is 11.3 Å². The molecule has 5 nitrogen and oxygen atoms in total. The zero-order valence-corrected chi connectivity index (χ0v) is 14.9. The second kappa shape index (κ2) is 6.78. The maximum Gasteiger partial charge on any atom is 0.182 e.